The third-order valence-corrected chi connectivity index (χ3v) is 5.21. The summed E-state index contributed by atoms with van der Waals surface area (Å²) in [6.45, 7) is 0. The van der Waals surface area contributed by atoms with Crippen molar-refractivity contribution in [2.75, 3.05) is 0 Å². The molecule has 0 spiro atoms. The van der Waals surface area contributed by atoms with E-state index in [-0.39, 0.29) is 5.56 Å². The van der Waals surface area contributed by atoms with E-state index in [1.54, 1.807) is 10.6 Å². The van der Waals surface area contributed by atoms with Gasteiger partial charge in [0.05, 0.1) is 21.6 Å². The van der Waals surface area contributed by atoms with Gasteiger partial charge in [-0.2, -0.15) is 0 Å². The van der Waals surface area contributed by atoms with Gasteiger partial charge in [0.2, 0.25) is 0 Å². The van der Waals surface area contributed by atoms with Gasteiger partial charge in [-0.1, -0.05) is 66.2 Å². The Hall–Kier alpha value is -3.43. The Morgan fingerprint density at radius 2 is 1.46 bits per heavy atom. The average Bonchev–Trinajstić information content (AvgIpc) is 2.74. The predicted molar refractivity (Wildman–Crippen MR) is 115 cm³/mol. The number of aromatic nitrogens is 2. The highest BCUT2D eigenvalue weighted by molar-refractivity contribution is 6.33. The normalized spacial score (nSPS) is 11.2. The minimum absolute atomic E-state index is 0.115. The number of para-hydroxylation sites is 1. The summed E-state index contributed by atoms with van der Waals surface area (Å²) >= 11 is 6.46. The summed E-state index contributed by atoms with van der Waals surface area (Å²) in [5, 5.41) is 3.31. The summed E-state index contributed by atoms with van der Waals surface area (Å²) in [5.74, 6) is 0.532. The van der Waals surface area contributed by atoms with Crippen LogP contribution in [0.15, 0.2) is 95.8 Å². The lowest BCUT2D eigenvalue weighted by molar-refractivity contribution is 0.978. The van der Waals surface area contributed by atoms with Crippen LogP contribution in [-0.2, 0) is 0 Å². The highest BCUT2D eigenvalue weighted by atomic mass is 35.5. The first-order valence-corrected chi connectivity index (χ1v) is 9.36. The molecule has 1 heterocycles. The first-order chi connectivity index (χ1) is 13.7. The summed E-state index contributed by atoms with van der Waals surface area (Å²) in [7, 11) is 0. The van der Waals surface area contributed by atoms with Crippen molar-refractivity contribution in [1.82, 2.24) is 9.55 Å². The minimum atomic E-state index is -0.115. The van der Waals surface area contributed by atoms with Crippen molar-refractivity contribution < 1.29 is 0 Å². The molecule has 0 aliphatic carbocycles. The van der Waals surface area contributed by atoms with Crippen LogP contribution in [0, 0.1) is 0 Å². The molecule has 0 saturated heterocycles. The lowest BCUT2D eigenvalue weighted by atomic mass is 10.1. The maximum Gasteiger partial charge on any atom is 0.266 e. The molecule has 4 heteroatoms. The van der Waals surface area contributed by atoms with E-state index in [1.807, 2.05) is 78.9 Å². The second-order valence-electron chi connectivity index (χ2n) is 6.60. The Bertz CT molecular complexity index is 1410. The topological polar surface area (TPSA) is 34.9 Å². The van der Waals surface area contributed by atoms with Gasteiger partial charge in [-0.3, -0.25) is 9.36 Å². The second kappa shape index (κ2) is 6.63. The van der Waals surface area contributed by atoms with Gasteiger partial charge in [-0.05, 0) is 47.2 Å². The van der Waals surface area contributed by atoms with E-state index in [9.17, 15) is 4.79 Å². The molecule has 0 radical (unpaired) electrons. The summed E-state index contributed by atoms with van der Waals surface area (Å²) < 4.78 is 1.65. The zero-order valence-corrected chi connectivity index (χ0v) is 15.6. The second-order valence-corrected chi connectivity index (χ2v) is 7.01. The zero-order chi connectivity index (χ0) is 19.1. The van der Waals surface area contributed by atoms with Crippen molar-refractivity contribution in [1.29, 1.82) is 0 Å². The summed E-state index contributed by atoms with van der Waals surface area (Å²) in [6, 6.07) is 28.9. The Balaban J connectivity index is 1.90. The molecule has 0 saturated carbocycles. The van der Waals surface area contributed by atoms with Crippen LogP contribution in [0.1, 0.15) is 0 Å². The molecule has 134 valence electrons. The van der Waals surface area contributed by atoms with Gasteiger partial charge in [0.15, 0.2) is 0 Å². The van der Waals surface area contributed by atoms with Crippen LogP contribution in [0.3, 0.4) is 0 Å². The highest BCUT2D eigenvalue weighted by Crippen LogP contribution is 2.29. The van der Waals surface area contributed by atoms with Crippen molar-refractivity contribution >= 4 is 33.3 Å². The van der Waals surface area contributed by atoms with Crippen LogP contribution in [0.25, 0.3) is 38.8 Å². The maximum atomic E-state index is 13.5. The van der Waals surface area contributed by atoms with Gasteiger partial charge in [0.25, 0.3) is 5.56 Å². The molecule has 28 heavy (non-hydrogen) atoms. The lowest BCUT2D eigenvalue weighted by Gasteiger charge is -2.15. The van der Waals surface area contributed by atoms with Gasteiger partial charge < -0.3 is 0 Å². The highest BCUT2D eigenvalue weighted by Gasteiger charge is 2.16. The Morgan fingerprint density at radius 1 is 0.750 bits per heavy atom. The Morgan fingerprint density at radius 3 is 2.32 bits per heavy atom. The molecule has 0 atom stereocenters. The summed E-state index contributed by atoms with van der Waals surface area (Å²) in [5.41, 5.74) is 2.02. The van der Waals surface area contributed by atoms with E-state index in [4.69, 9.17) is 16.6 Å². The van der Waals surface area contributed by atoms with E-state index in [0.29, 0.717) is 21.7 Å². The van der Waals surface area contributed by atoms with E-state index in [1.165, 1.54) is 0 Å². The smallest absolute Gasteiger partial charge is 0.266 e. The maximum absolute atomic E-state index is 13.5. The molecular weight excluding hydrogens is 368 g/mol. The number of fused-ring (bicyclic) bond motifs is 2. The quantitative estimate of drug-likeness (QED) is 0.383. The molecule has 0 aliphatic heterocycles. The lowest BCUT2D eigenvalue weighted by Crippen LogP contribution is -2.22. The van der Waals surface area contributed by atoms with Crippen LogP contribution in [0.4, 0.5) is 0 Å². The number of rotatable bonds is 2. The standard InChI is InChI=1S/C24H15ClN2O/c25-21-11-5-3-9-19(21)23-26-22-12-6-4-10-20(22)24(28)27(23)18-14-13-16-7-1-2-8-17(16)15-18/h1-15H. The molecule has 1 aromatic heterocycles. The van der Waals surface area contributed by atoms with Crippen molar-refractivity contribution in [2.45, 2.75) is 0 Å². The van der Waals surface area contributed by atoms with Crippen molar-refractivity contribution in [3.8, 4) is 17.1 Å². The van der Waals surface area contributed by atoms with E-state index >= 15 is 0 Å². The van der Waals surface area contributed by atoms with Gasteiger partial charge in [-0.25, -0.2) is 4.98 Å². The number of benzene rings is 4. The first kappa shape index (κ1) is 16.7. The zero-order valence-electron chi connectivity index (χ0n) is 14.8. The van der Waals surface area contributed by atoms with Crippen LogP contribution >= 0.6 is 11.6 Å². The molecule has 4 aromatic carbocycles. The number of hydrogen-bond donors (Lipinski definition) is 0. The van der Waals surface area contributed by atoms with Crippen LogP contribution in [0.2, 0.25) is 5.02 Å². The monoisotopic (exact) mass is 382 g/mol. The van der Waals surface area contributed by atoms with Crippen LogP contribution in [0.5, 0.6) is 0 Å². The Kier molecular flexibility index (Phi) is 3.96. The van der Waals surface area contributed by atoms with Crippen molar-refractivity contribution in [3.63, 3.8) is 0 Å². The molecule has 5 aromatic rings. The van der Waals surface area contributed by atoms with Gasteiger partial charge in [0.1, 0.15) is 5.82 Å². The number of hydrogen-bond acceptors (Lipinski definition) is 2. The van der Waals surface area contributed by atoms with Crippen molar-refractivity contribution in [3.05, 3.63) is 106 Å². The fourth-order valence-electron chi connectivity index (χ4n) is 3.51. The minimum Gasteiger partial charge on any atom is -0.268 e. The molecule has 0 bridgehead atoms. The molecule has 0 aliphatic rings. The number of nitrogens with zero attached hydrogens (tertiary/aromatic N) is 2. The largest absolute Gasteiger partial charge is 0.268 e. The molecule has 5 rings (SSSR count). The molecule has 3 nitrogen and oxygen atoms in total. The van der Waals surface area contributed by atoms with Gasteiger partial charge in [-0.15, -0.1) is 0 Å². The molecule has 0 amide bonds. The predicted octanol–water partition coefficient (Wildman–Crippen LogP) is 5.86. The van der Waals surface area contributed by atoms with Crippen molar-refractivity contribution in [2.24, 2.45) is 0 Å². The molecule has 0 N–H and O–H groups in total. The average molecular weight is 383 g/mol. The van der Waals surface area contributed by atoms with E-state index < -0.39 is 0 Å². The molecule has 0 unspecified atom stereocenters. The van der Waals surface area contributed by atoms with Crippen LogP contribution in [-0.4, -0.2) is 9.55 Å². The van der Waals surface area contributed by atoms with Crippen LogP contribution < -0.4 is 5.56 Å². The molecular formula is C24H15ClN2O. The SMILES string of the molecule is O=c1c2ccccc2nc(-c2ccccc2Cl)n1-c1ccc2ccccc2c1. The van der Waals surface area contributed by atoms with Gasteiger partial charge in [0, 0.05) is 5.56 Å². The number of halogens is 1. The fourth-order valence-corrected chi connectivity index (χ4v) is 3.73. The summed E-state index contributed by atoms with van der Waals surface area (Å²) in [4.78, 5) is 18.3. The third-order valence-electron chi connectivity index (χ3n) is 4.88. The van der Waals surface area contributed by atoms with E-state index in [2.05, 4.69) is 6.07 Å². The first-order valence-electron chi connectivity index (χ1n) is 8.98. The third kappa shape index (κ3) is 2.68. The van der Waals surface area contributed by atoms with Gasteiger partial charge >= 0.3 is 0 Å². The van der Waals surface area contributed by atoms with E-state index in [0.717, 1.165) is 22.0 Å². The fraction of sp³-hybridized carbons (Fsp3) is 0. The molecule has 0 fully saturated rings. The summed E-state index contributed by atoms with van der Waals surface area (Å²) in [6.07, 6.45) is 0. The Labute approximate surface area is 166 Å².